The van der Waals surface area contributed by atoms with Gasteiger partial charge < -0.3 is 24.2 Å². The van der Waals surface area contributed by atoms with Crippen molar-refractivity contribution in [1.29, 1.82) is 5.26 Å². The molecular formula is C24H32ClN7O3. The van der Waals surface area contributed by atoms with Gasteiger partial charge in [-0.25, -0.2) is 9.78 Å². The number of nitriles is 1. The number of fused-ring (bicyclic) bond motifs is 1. The fraction of sp³-hybridized carbons (Fsp3) is 0.625. The molecule has 0 radical (unpaired) electrons. The number of anilines is 1. The van der Waals surface area contributed by atoms with Crippen LogP contribution in [0.2, 0.25) is 5.02 Å². The van der Waals surface area contributed by atoms with E-state index >= 15 is 0 Å². The molecule has 0 N–H and O–H groups in total. The van der Waals surface area contributed by atoms with Gasteiger partial charge in [0.05, 0.1) is 29.1 Å². The number of amides is 1. The lowest BCUT2D eigenvalue weighted by Gasteiger charge is -2.41. The highest BCUT2D eigenvalue weighted by atomic mass is 35.5. The molecule has 2 fully saturated rings. The van der Waals surface area contributed by atoms with Crippen molar-refractivity contribution >= 4 is 34.5 Å². The molecule has 10 nitrogen and oxygen atoms in total. The minimum absolute atomic E-state index is 0.176. The van der Waals surface area contributed by atoms with E-state index in [2.05, 4.69) is 28.0 Å². The topological polar surface area (TPSA) is 108 Å². The van der Waals surface area contributed by atoms with Crippen molar-refractivity contribution in [3.8, 4) is 12.1 Å². The summed E-state index contributed by atoms with van der Waals surface area (Å²) in [6.07, 6.45) is 3.55. The summed E-state index contributed by atoms with van der Waals surface area (Å²) in [7, 11) is 2.09. The van der Waals surface area contributed by atoms with Gasteiger partial charge in [0.15, 0.2) is 5.82 Å². The molecular weight excluding hydrogens is 470 g/mol. The van der Waals surface area contributed by atoms with Crippen LogP contribution in [0.5, 0.6) is 6.01 Å². The summed E-state index contributed by atoms with van der Waals surface area (Å²) in [5.41, 5.74) is 0.571. The van der Waals surface area contributed by atoms with Crippen molar-refractivity contribution in [3.63, 3.8) is 0 Å². The smallest absolute Gasteiger partial charge is 0.410 e. The standard InChI is InChI=1S/C24H32ClN7O3/c1-24(2,3)35-23(33)32-11-10-31(14-17(32)7-8-26)21-20-19(12-16(25)13-27-20)28-22(29-21)34-15-18-6-5-9-30(18)4/h12-13,17-18H,5-7,9-11,14-15H2,1-4H3/t17?,18-/m0/s1. The Morgan fingerprint density at radius 3 is 2.74 bits per heavy atom. The maximum Gasteiger partial charge on any atom is 0.410 e. The second kappa shape index (κ2) is 10.4. The first-order valence-electron chi connectivity index (χ1n) is 11.9. The van der Waals surface area contributed by atoms with Crippen molar-refractivity contribution in [2.75, 3.05) is 44.7 Å². The molecule has 2 aliphatic rings. The van der Waals surface area contributed by atoms with Gasteiger partial charge in [-0.3, -0.25) is 0 Å². The van der Waals surface area contributed by atoms with Crippen molar-refractivity contribution < 1.29 is 14.3 Å². The number of hydrogen-bond donors (Lipinski definition) is 0. The number of carbonyl (C=O) groups is 1. The van der Waals surface area contributed by atoms with E-state index in [1.165, 1.54) is 0 Å². The van der Waals surface area contributed by atoms with E-state index in [9.17, 15) is 10.1 Å². The minimum atomic E-state index is -0.614. The number of pyridine rings is 1. The fourth-order valence-corrected chi connectivity index (χ4v) is 4.64. The summed E-state index contributed by atoms with van der Waals surface area (Å²) >= 11 is 6.20. The summed E-state index contributed by atoms with van der Waals surface area (Å²) in [4.78, 5) is 32.5. The molecule has 4 heterocycles. The number of nitrogens with zero attached hydrogens (tertiary/aromatic N) is 7. The molecule has 0 spiro atoms. The second-order valence-corrected chi connectivity index (χ2v) is 10.5. The Morgan fingerprint density at radius 2 is 2.06 bits per heavy atom. The van der Waals surface area contributed by atoms with Crippen molar-refractivity contribution in [2.45, 2.75) is 57.7 Å². The molecule has 0 bridgehead atoms. The predicted molar refractivity (Wildman–Crippen MR) is 133 cm³/mol. The van der Waals surface area contributed by atoms with Crippen LogP contribution >= 0.6 is 11.6 Å². The second-order valence-electron chi connectivity index (χ2n) is 10.1. The number of ether oxygens (including phenoxy) is 2. The molecule has 0 aromatic carbocycles. The number of rotatable bonds is 5. The van der Waals surface area contributed by atoms with Crippen LogP contribution in [0, 0.1) is 11.3 Å². The molecule has 4 rings (SSSR count). The van der Waals surface area contributed by atoms with Gasteiger partial charge >= 0.3 is 12.1 Å². The molecule has 0 saturated carbocycles. The third kappa shape index (κ3) is 6.03. The first-order valence-corrected chi connectivity index (χ1v) is 12.3. The van der Waals surface area contributed by atoms with Gasteiger partial charge in [-0.1, -0.05) is 11.6 Å². The SMILES string of the molecule is CN1CCC[C@H]1COc1nc(N2CCN(C(=O)OC(C)(C)C)C(CC#N)C2)c2ncc(Cl)cc2n1. The summed E-state index contributed by atoms with van der Waals surface area (Å²) in [5.74, 6) is 0.605. The van der Waals surface area contributed by atoms with Crippen LogP contribution < -0.4 is 9.64 Å². The Bertz CT molecular complexity index is 1120. The average Bonchev–Trinajstić information content (AvgIpc) is 3.20. The Balaban J connectivity index is 1.60. The van der Waals surface area contributed by atoms with E-state index in [0.29, 0.717) is 54.2 Å². The molecule has 2 aromatic rings. The van der Waals surface area contributed by atoms with Crippen molar-refractivity contribution in [2.24, 2.45) is 0 Å². The Hall–Kier alpha value is -2.90. The van der Waals surface area contributed by atoms with Gasteiger partial charge in [0.2, 0.25) is 0 Å². The first kappa shape index (κ1) is 25.2. The molecule has 188 valence electrons. The highest BCUT2D eigenvalue weighted by Gasteiger charge is 2.35. The van der Waals surface area contributed by atoms with Gasteiger partial charge in [0.25, 0.3) is 0 Å². The summed E-state index contributed by atoms with van der Waals surface area (Å²) in [6, 6.07) is 4.18. The van der Waals surface area contributed by atoms with Gasteiger partial charge in [0.1, 0.15) is 17.7 Å². The number of likely N-dealkylation sites (tertiary alicyclic amines) is 1. The van der Waals surface area contributed by atoms with E-state index in [4.69, 9.17) is 26.1 Å². The molecule has 0 aliphatic carbocycles. The number of hydrogen-bond acceptors (Lipinski definition) is 9. The third-order valence-corrected chi connectivity index (χ3v) is 6.48. The van der Waals surface area contributed by atoms with Crippen LogP contribution in [0.15, 0.2) is 12.3 Å². The summed E-state index contributed by atoms with van der Waals surface area (Å²) in [5, 5.41) is 9.90. The van der Waals surface area contributed by atoms with Crippen LogP contribution in [-0.2, 0) is 4.74 Å². The highest BCUT2D eigenvalue weighted by Crippen LogP contribution is 2.29. The van der Waals surface area contributed by atoms with Crippen LogP contribution in [0.4, 0.5) is 10.6 Å². The minimum Gasteiger partial charge on any atom is -0.462 e. The lowest BCUT2D eigenvalue weighted by Crippen LogP contribution is -2.56. The molecule has 2 aromatic heterocycles. The fourth-order valence-electron chi connectivity index (χ4n) is 4.49. The maximum atomic E-state index is 12.8. The zero-order valence-corrected chi connectivity index (χ0v) is 21.5. The first-order chi connectivity index (χ1) is 16.6. The van der Waals surface area contributed by atoms with E-state index < -0.39 is 11.7 Å². The molecule has 1 unspecified atom stereocenters. The van der Waals surface area contributed by atoms with Crippen molar-refractivity contribution in [1.82, 2.24) is 24.8 Å². The molecule has 1 amide bonds. The highest BCUT2D eigenvalue weighted by molar-refractivity contribution is 6.31. The Labute approximate surface area is 210 Å². The number of piperazine rings is 1. The molecule has 2 saturated heterocycles. The Kier molecular flexibility index (Phi) is 7.47. The Morgan fingerprint density at radius 1 is 1.26 bits per heavy atom. The summed E-state index contributed by atoms with van der Waals surface area (Å²) in [6.45, 7) is 8.34. The largest absolute Gasteiger partial charge is 0.462 e. The van der Waals surface area contributed by atoms with Gasteiger partial charge in [0, 0.05) is 31.9 Å². The van der Waals surface area contributed by atoms with Crippen LogP contribution in [0.25, 0.3) is 11.0 Å². The molecule has 2 atom stereocenters. The maximum absolute atomic E-state index is 12.8. The van der Waals surface area contributed by atoms with Gasteiger partial charge in [-0.15, -0.1) is 0 Å². The molecule has 2 aliphatic heterocycles. The number of halogens is 1. The zero-order valence-electron chi connectivity index (χ0n) is 20.7. The van der Waals surface area contributed by atoms with Crippen molar-refractivity contribution in [3.05, 3.63) is 17.3 Å². The predicted octanol–water partition coefficient (Wildman–Crippen LogP) is 3.49. The normalized spacial score (nSPS) is 21.3. The van der Waals surface area contributed by atoms with Gasteiger partial charge in [-0.05, 0) is 53.3 Å². The van der Waals surface area contributed by atoms with E-state index in [1.54, 1.807) is 17.2 Å². The number of carbonyl (C=O) groups excluding carboxylic acids is 1. The monoisotopic (exact) mass is 501 g/mol. The number of aromatic nitrogens is 3. The van der Waals surface area contributed by atoms with Crippen LogP contribution in [-0.4, -0.2) is 88.4 Å². The zero-order chi connectivity index (χ0) is 25.2. The lowest BCUT2D eigenvalue weighted by molar-refractivity contribution is 0.0145. The quantitative estimate of drug-likeness (QED) is 0.608. The van der Waals surface area contributed by atoms with Gasteiger partial charge in [-0.2, -0.15) is 15.2 Å². The third-order valence-electron chi connectivity index (χ3n) is 6.28. The van der Waals surface area contributed by atoms with Crippen LogP contribution in [0.3, 0.4) is 0 Å². The summed E-state index contributed by atoms with van der Waals surface area (Å²) < 4.78 is 11.6. The average molecular weight is 502 g/mol. The molecule has 35 heavy (non-hydrogen) atoms. The van der Waals surface area contributed by atoms with E-state index in [0.717, 1.165) is 19.4 Å². The van der Waals surface area contributed by atoms with E-state index in [1.807, 2.05) is 25.7 Å². The molecule has 11 heteroatoms. The van der Waals surface area contributed by atoms with Crippen LogP contribution in [0.1, 0.15) is 40.0 Å². The lowest BCUT2D eigenvalue weighted by atomic mass is 10.1. The number of likely N-dealkylation sites (N-methyl/N-ethyl adjacent to an activating group) is 1. The van der Waals surface area contributed by atoms with E-state index in [-0.39, 0.29) is 18.5 Å².